The fourth-order valence-corrected chi connectivity index (χ4v) is 6.69. The topological polar surface area (TPSA) is 61.5 Å². The van der Waals surface area contributed by atoms with E-state index in [-0.39, 0.29) is 5.97 Å². The molecular formula is C35H39ClN4O3. The second kappa shape index (κ2) is 12.3. The summed E-state index contributed by atoms with van der Waals surface area (Å²) in [7, 11) is 4.07. The number of benzene rings is 3. The highest BCUT2D eigenvalue weighted by Crippen LogP contribution is 2.45. The molecular weight excluding hydrogens is 560 g/mol. The molecule has 0 N–H and O–H groups in total. The highest BCUT2D eigenvalue weighted by Gasteiger charge is 2.30. The molecule has 3 aromatic carbocycles. The fourth-order valence-electron chi connectivity index (χ4n) is 6.44. The van der Waals surface area contributed by atoms with E-state index in [1.807, 2.05) is 49.0 Å². The van der Waals surface area contributed by atoms with Gasteiger partial charge in [0, 0.05) is 49.2 Å². The van der Waals surface area contributed by atoms with Crippen molar-refractivity contribution in [2.45, 2.75) is 52.5 Å². The summed E-state index contributed by atoms with van der Waals surface area (Å²) >= 11 is 7.07. The van der Waals surface area contributed by atoms with Crippen molar-refractivity contribution in [2.24, 2.45) is 7.05 Å². The lowest BCUT2D eigenvalue weighted by Gasteiger charge is -2.19. The average molecular weight is 599 g/mol. The molecule has 8 heteroatoms. The molecule has 43 heavy (non-hydrogen) atoms. The van der Waals surface area contributed by atoms with Crippen LogP contribution in [0.1, 0.15) is 54.4 Å². The number of aryl methyl sites for hydroxylation is 3. The Kier molecular flexibility index (Phi) is 8.35. The molecule has 0 amide bonds. The van der Waals surface area contributed by atoms with E-state index < -0.39 is 0 Å². The maximum atomic E-state index is 13.7. The first-order chi connectivity index (χ1) is 20.9. The van der Waals surface area contributed by atoms with Gasteiger partial charge in [-0.25, -0.2) is 4.79 Å². The number of esters is 1. The van der Waals surface area contributed by atoms with Gasteiger partial charge in [0.05, 0.1) is 29.3 Å². The Morgan fingerprint density at radius 1 is 0.953 bits per heavy atom. The maximum Gasteiger partial charge on any atom is 0.355 e. The van der Waals surface area contributed by atoms with Gasteiger partial charge in [0.1, 0.15) is 11.4 Å². The summed E-state index contributed by atoms with van der Waals surface area (Å²) in [5.41, 5.74) is 5.57. The maximum absolute atomic E-state index is 13.7. The molecule has 224 valence electrons. The van der Waals surface area contributed by atoms with Gasteiger partial charge in [-0.1, -0.05) is 54.1 Å². The van der Waals surface area contributed by atoms with Crippen LogP contribution in [0.4, 0.5) is 5.82 Å². The van der Waals surface area contributed by atoms with Gasteiger partial charge in [0.2, 0.25) is 0 Å². The molecule has 6 rings (SSSR count). The van der Waals surface area contributed by atoms with Gasteiger partial charge >= 0.3 is 5.97 Å². The number of nitrogens with zero attached hydrogens (tertiary/aromatic N) is 4. The van der Waals surface area contributed by atoms with Gasteiger partial charge in [0.25, 0.3) is 0 Å². The van der Waals surface area contributed by atoms with Crippen LogP contribution in [0.25, 0.3) is 32.8 Å². The van der Waals surface area contributed by atoms with Gasteiger partial charge in [-0.05, 0) is 69.0 Å². The lowest BCUT2D eigenvalue weighted by Crippen LogP contribution is -2.19. The summed E-state index contributed by atoms with van der Waals surface area (Å²) in [5, 5.41) is 8.84. The third-order valence-electron chi connectivity index (χ3n) is 8.63. The van der Waals surface area contributed by atoms with Gasteiger partial charge in [-0.3, -0.25) is 4.68 Å². The largest absolute Gasteiger partial charge is 0.493 e. The molecule has 0 atom stereocenters. The summed E-state index contributed by atoms with van der Waals surface area (Å²) in [6.45, 7) is 6.39. The number of rotatable bonds is 7. The van der Waals surface area contributed by atoms with Crippen molar-refractivity contribution in [3.63, 3.8) is 0 Å². The van der Waals surface area contributed by atoms with Crippen LogP contribution in [-0.2, 0) is 24.8 Å². The van der Waals surface area contributed by atoms with Crippen molar-refractivity contribution in [1.82, 2.24) is 14.3 Å². The summed E-state index contributed by atoms with van der Waals surface area (Å²) in [6, 6.07) is 18.4. The van der Waals surface area contributed by atoms with Crippen molar-refractivity contribution >= 4 is 45.1 Å². The zero-order chi connectivity index (χ0) is 30.1. The Bertz CT molecular complexity index is 1800. The van der Waals surface area contributed by atoms with E-state index >= 15 is 0 Å². The number of hydrogen-bond donors (Lipinski definition) is 0. The summed E-state index contributed by atoms with van der Waals surface area (Å²) in [4.78, 5) is 15.9. The van der Waals surface area contributed by atoms with Crippen LogP contribution >= 0.6 is 11.6 Å². The normalized spacial score (nSPS) is 13.7. The molecule has 0 saturated heterocycles. The van der Waals surface area contributed by atoms with Crippen LogP contribution in [0.15, 0.2) is 54.6 Å². The van der Waals surface area contributed by atoms with Gasteiger partial charge in [0.15, 0.2) is 5.82 Å². The SMILES string of the molecule is CCOC(=O)c1c(CCCOc2cccc3ccccc23)c2ccc(Cl)c3c2n1CCCCCN(C)c1nn(C)c(C)c1-3. The minimum absolute atomic E-state index is 0.291. The first kappa shape index (κ1) is 29.1. The van der Waals surface area contributed by atoms with Crippen LogP contribution in [-0.4, -0.2) is 47.1 Å². The van der Waals surface area contributed by atoms with Gasteiger partial charge in [-0.2, -0.15) is 5.10 Å². The second-order valence-corrected chi connectivity index (χ2v) is 11.7. The zero-order valence-corrected chi connectivity index (χ0v) is 26.2. The van der Waals surface area contributed by atoms with Crippen LogP contribution in [0.2, 0.25) is 5.02 Å². The zero-order valence-electron chi connectivity index (χ0n) is 25.5. The quantitative estimate of drug-likeness (QED) is 0.140. The Morgan fingerprint density at radius 2 is 1.74 bits per heavy atom. The number of ether oxygens (including phenoxy) is 2. The average Bonchev–Trinajstić information content (AvgIpc) is 3.47. The molecule has 1 aliphatic rings. The minimum Gasteiger partial charge on any atom is -0.493 e. The molecule has 7 nitrogen and oxygen atoms in total. The highest BCUT2D eigenvalue weighted by atomic mass is 35.5. The van der Waals surface area contributed by atoms with Crippen molar-refractivity contribution in [2.75, 3.05) is 31.7 Å². The number of carbonyl (C=O) groups excluding carboxylic acids is 1. The number of hydrogen-bond acceptors (Lipinski definition) is 5. The monoisotopic (exact) mass is 598 g/mol. The van der Waals surface area contributed by atoms with E-state index in [4.69, 9.17) is 26.2 Å². The molecule has 0 unspecified atom stereocenters. The molecule has 0 saturated carbocycles. The lowest BCUT2D eigenvalue weighted by molar-refractivity contribution is 0.0512. The van der Waals surface area contributed by atoms with Crippen molar-refractivity contribution in [1.29, 1.82) is 0 Å². The molecule has 1 aliphatic heterocycles. The van der Waals surface area contributed by atoms with Gasteiger partial charge < -0.3 is 18.9 Å². The molecule has 0 spiro atoms. The first-order valence-corrected chi connectivity index (χ1v) is 15.6. The smallest absolute Gasteiger partial charge is 0.355 e. The van der Waals surface area contributed by atoms with Crippen LogP contribution in [0.3, 0.4) is 0 Å². The van der Waals surface area contributed by atoms with E-state index in [9.17, 15) is 4.79 Å². The van der Waals surface area contributed by atoms with E-state index in [0.29, 0.717) is 36.9 Å². The van der Waals surface area contributed by atoms with E-state index in [1.54, 1.807) is 0 Å². The second-order valence-electron chi connectivity index (χ2n) is 11.3. The molecule has 0 fully saturated rings. The Morgan fingerprint density at radius 3 is 2.58 bits per heavy atom. The number of fused-ring (bicyclic) bond motifs is 3. The van der Waals surface area contributed by atoms with Crippen molar-refractivity contribution in [3.05, 3.63) is 76.6 Å². The first-order valence-electron chi connectivity index (χ1n) is 15.3. The minimum atomic E-state index is -0.291. The Balaban J connectivity index is 1.46. The Labute approximate surface area is 257 Å². The number of halogens is 1. The van der Waals surface area contributed by atoms with Crippen LogP contribution in [0, 0.1) is 6.92 Å². The molecule has 2 aromatic heterocycles. The predicted octanol–water partition coefficient (Wildman–Crippen LogP) is 7.97. The molecule has 0 radical (unpaired) electrons. The number of anilines is 1. The van der Waals surface area contributed by atoms with E-state index in [0.717, 1.165) is 87.9 Å². The highest BCUT2D eigenvalue weighted by molar-refractivity contribution is 6.35. The number of carbonyl (C=O) groups is 1. The van der Waals surface area contributed by atoms with Crippen molar-refractivity contribution in [3.8, 4) is 16.9 Å². The number of aromatic nitrogens is 3. The summed E-state index contributed by atoms with van der Waals surface area (Å²) in [6.07, 6.45) is 4.43. The van der Waals surface area contributed by atoms with Crippen molar-refractivity contribution < 1.29 is 14.3 Å². The van der Waals surface area contributed by atoms with Crippen LogP contribution < -0.4 is 9.64 Å². The fraction of sp³-hybridized carbons (Fsp3) is 0.371. The molecule has 5 aromatic rings. The molecule has 0 aliphatic carbocycles. The Hall–Kier alpha value is -3.97. The predicted molar refractivity (Wildman–Crippen MR) is 175 cm³/mol. The summed E-state index contributed by atoms with van der Waals surface area (Å²) in [5.74, 6) is 1.49. The molecule has 0 bridgehead atoms. The van der Waals surface area contributed by atoms with E-state index in [1.165, 1.54) is 0 Å². The standard InChI is InChI=1S/C35H39ClN4O3/c1-5-42-35(41)33-26(16-12-22-43-29-17-11-14-24-13-7-8-15-25(24)29)27-18-19-28(36)31-30-23(2)39(4)37-34(30)38(3)20-9-6-10-21-40(33)32(27)31/h7-8,11,13-15,17-19H,5-6,9-10,12,16,20-22H2,1-4H3. The summed E-state index contributed by atoms with van der Waals surface area (Å²) < 4.78 is 16.1. The lowest BCUT2D eigenvalue weighted by atomic mass is 9.99. The molecule has 3 heterocycles. The third kappa shape index (κ3) is 5.35. The van der Waals surface area contributed by atoms with Crippen LogP contribution in [0.5, 0.6) is 5.75 Å². The van der Waals surface area contributed by atoms with Gasteiger partial charge in [-0.15, -0.1) is 0 Å². The third-order valence-corrected chi connectivity index (χ3v) is 8.94. The van der Waals surface area contributed by atoms with E-state index in [2.05, 4.69) is 47.7 Å².